The predicted octanol–water partition coefficient (Wildman–Crippen LogP) is 2.73. The number of aryl methyl sites for hydroxylation is 1. The average molecular weight is 246 g/mol. The summed E-state index contributed by atoms with van der Waals surface area (Å²) >= 11 is 1.46. The molecule has 1 aliphatic rings. The molecule has 2 aromatic rings. The lowest BCUT2D eigenvalue weighted by atomic mass is 10.2. The maximum Gasteiger partial charge on any atom is 0.202 e. The van der Waals surface area contributed by atoms with Gasteiger partial charge in [0.05, 0.1) is 0 Å². The number of pyridine rings is 1. The molecule has 1 saturated carbocycles. The molecule has 1 fully saturated rings. The summed E-state index contributed by atoms with van der Waals surface area (Å²) in [5.74, 6) is 1.65. The van der Waals surface area contributed by atoms with Crippen LogP contribution in [0, 0.1) is 6.92 Å². The number of nitrogens with one attached hydrogen (secondary N) is 1. The van der Waals surface area contributed by atoms with Crippen molar-refractivity contribution in [2.24, 2.45) is 0 Å². The largest absolute Gasteiger partial charge is 0.356 e. The molecule has 0 aliphatic heterocycles. The van der Waals surface area contributed by atoms with Crippen molar-refractivity contribution in [2.75, 3.05) is 5.32 Å². The van der Waals surface area contributed by atoms with Crippen LogP contribution in [0.15, 0.2) is 18.5 Å². The Morgan fingerprint density at radius 3 is 3.12 bits per heavy atom. The van der Waals surface area contributed by atoms with E-state index in [1.165, 1.54) is 35.5 Å². The molecule has 17 heavy (non-hydrogen) atoms. The van der Waals surface area contributed by atoms with E-state index in [9.17, 15) is 0 Å². The number of nitrogens with zero attached hydrogens (tertiary/aromatic N) is 3. The van der Waals surface area contributed by atoms with Gasteiger partial charge in [0.15, 0.2) is 0 Å². The van der Waals surface area contributed by atoms with Gasteiger partial charge in [-0.25, -0.2) is 4.98 Å². The minimum atomic E-state index is 0.629. The quantitative estimate of drug-likeness (QED) is 0.901. The van der Waals surface area contributed by atoms with Crippen LogP contribution in [-0.4, -0.2) is 14.3 Å². The van der Waals surface area contributed by atoms with E-state index in [1.807, 2.05) is 18.5 Å². The van der Waals surface area contributed by atoms with Crippen LogP contribution in [0.25, 0.3) is 0 Å². The summed E-state index contributed by atoms with van der Waals surface area (Å²) in [6.07, 6.45) is 6.20. The van der Waals surface area contributed by atoms with Gasteiger partial charge in [-0.3, -0.25) is 4.98 Å². The molecule has 0 amide bonds. The molecule has 0 radical (unpaired) electrons. The fourth-order valence-corrected chi connectivity index (χ4v) is 2.33. The fraction of sp³-hybridized carbons (Fsp3) is 0.417. The lowest BCUT2D eigenvalue weighted by molar-refractivity contribution is 0.978. The third-order valence-corrected chi connectivity index (χ3v) is 3.64. The molecule has 1 aliphatic carbocycles. The molecular weight excluding hydrogens is 232 g/mol. The highest BCUT2D eigenvalue weighted by atomic mass is 32.1. The van der Waals surface area contributed by atoms with Crippen molar-refractivity contribution >= 4 is 16.7 Å². The molecule has 0 saturated heterocycles. The number of hydrogen-bond donors (Lipinski definition) is 1. The Morgan fingerprint density at radius 2 is 2.35 bits per heavy atom. The van der Waals surface area contributed by atoms with E-state index >= 15 is 0 Å². The first-order valence-corrected chi connectivity index (χ1v) is 6.57. The van der Waals surface area contributed by atoms with Crippen molar-refractivity contribution in [3.05, 3.63) is 35.4 Å². The Bertz CT molecular complexity index is 519. The van der Waals surface area contributed by atoms with E-state index in [-0.39, 0.29) is 0 Å². The first-order chi connectivity index (χ1) is 8.33. The molecule has 3 rings (SSSR count). The van der Waals surface area contributed by atoms with Crippen molar-refractivity contribution in [2.45, 2.75) is 32.2 Å². The maximum atomic E-state index is 4.50. The third kappa shape index (κ3) is 2.44. The summed E-state index contributed by atoms with van der Waals surface area (Å²) in [6, 6.07) is 2.03. The highest BCUT2D eigenvalue weighted by molar-refractivity contribution is 7.09. The van der Waals surface area contributed by atoms with Crippen LogP contribution >= 0.6 is 11.5 Å². The van der Waals surface area contributed by atoms with Crippen molar-refractivity contribution in [1.29, 1.82) is 0 Å². The van der Waals surface area contributed by atoms with E-state index in [2.05, 4.69) is 26.6 Å². The van der Waals surface area contributed by atoms with Gasteiger partial charge in [0.1, 0.15) is 5.82 Å². The predicted molar refractivity (Wildman–Crippen MR) is 68.2 cm³/mol. The molecular formula is C12H14N4S. The molecule has 2 heterocycles. The highest BCUT2D eigenvalue weighted by Gasteiger charge is 2.27. The van der Waals surface area contributed by atoms with Gasteiger partial charge in [0.25, 0.3) is 0 Å². The van der Waals surface area contributed by atoms with Gasteiger partial charge in [0.2, 0.25) is 5.13 Å². The molecule has 0 atom stereocenters. The average Bonchev–Trinajstić information content (AvgIpc) is 3.08. The number of aromatic nitrogens is 3. The zero-order chi connectivity index (χ0) is 11.7. The molecule has 2 aromatic heterocycles. The molecule has 4 nitrogen and oxygen atoms in total. The lowest BCUT2D eigenvalue weighted by Crippen LogP contribution is -2.01. The van der Waals surface area contributed by atoms with Gasteiger partial charge in [0, 0.05) is 36.4 Å². The van der Waals surface area contributed by atoms with Gasteiger partial charge in [-0.2, -0.15) is 4.37 Å². The molecule has 5 heteroatoms. The maximum absolute atomic E-state index is 4.50. The van der Waals surface area contributed by atoms with E-state index in [4.69, 9.17) is 0 Å². The minimum Gasteiger partial charge on any atom is -0.356 e. The standard InChI is InChI=1S/C12H14N4S/c1-8-6-13-5-4-10(8)7-14-12-15-11(16-17-12)9-2-3-9/h4-6,9H,2-3,7H2,1H3,(H,14,15,16). The second kappa shape index (κ2) is 4.41. The Labute approximate surface area is 104 Å². The van der Waals surface area contributed by atoms with Crippen LogP contribution in [0.1, 0.15) is 35.7 Å². The topological polar surface area (TPSA) is 50.7 Å². The van der Waals surface area contributed by atoms with Crippen molar-refractivity contribution in [1.82, 2.24) is 14.3 Å². The van der Waals surface area contributed by atoms with Crippen LogP contribution in [0.2, 0.25) is 0 Å². The molecule has 0 spiro atoms. The molecule has 0 aromatic carbocycles. The first-order valence-electron chi connectivity index (χ1n) is 5.80. The van der Waals surface area contributed by atoms with Gasteiger partial charge < -0.3 is 5.32 Å². The summed E-state index contributed by atoms with van der Waals surface area (Å²) in [6.45, 7) is 2.85. The number of rotatable bonds is 4. The molecule has 0 unspecified atom stereocenters. The third-order valence-electron chi connectivity index (χ3n) is 2.95. The van der Waals surface area contributed by atoms with Crippen LogP contribution in [-0.2, 0) is 6.54 Å². The summed E-state index contributed by atoms with van der Waals surface area (Å²) in [5.41, 5.74) is 2.45. The SMILES string of the molecule is Cc1cnccc1CNc1nc(C2CC2)ns1. The van der Waals surface area contributed by atoms with Crippen molar-refractivity contribution in [3.63, 3.8) is 0 Å². The summed E-state index contributed by atoms with van der Waals surface area (Å²) in [4.78, 5) is 8.58. The first kappa shape index (κ1) is 10.7. The monoisotopic (exact) mass is 246 g/mol. The van der Waals surface area contributed by atoms with Gasteiger partial charge in [-0.05, 0) is 37.0 Å². The summed E-state index contributed by atoms with van der Waals surface area (Å²) < 4.78 is 4.37. The smallest absolute Gasteiger partial charge is 0.202 e. The second-order valence-electron chi connectivity index (χ2n) is 4.39. The highest BCUT2D eigenvalue weighted by Crippen LogP contribution is 2.39. The zero-order valence-electron chi connectivity index (χ0n) is 9.68. The van der Waals surface area contributed by atoms with Crippen molar-refractivity contribution in [3.8, 4) is 0 Å². The zero-order valence-corrected chi connectivity index (χ0v) is 10.5. The van der Waals surface area contributed by atoms with E-state index in [0.717, 1.165) is 17.5 Å². The van der Waals surface area contributed by atoms with Gasteiger partial charge in [-0.15, -0.1) is 0 Å². The Hall–Kier alpha value is -1.49. The van der Waals surface area contributed by atoms with Crippen LogP contribution in [0.5, 0.6) is 0 Å². The van der Waals surface area contributed by atoms with Crippen LogP contribution in [0.3, 0.4) is 0 Å². The van der Waals surface area contributed by atoms with Gasteiger partial charge >= 0.3 is 0 Å². The normalized spacial score (nSPS) is 14.9. The Morgan fingerprint density at radius 1 is 1.47 bits per heavy atom. The lowest BCUT2D eigenvalue weighted by Gasteiger charge is -2.04. The van der Waals surface area contributed by atoms with E-state index in [1.54, 1.807) is 0 Å². The number of hydrogen-bond acceptors (Lipinski definition) is 5. The van der Waals surface area contributed by atoms with Crippen LogP contribution in [0.4, 0.5) is 5.13 Å². The minimum absolute atomic E-state index is 0.629. The second-order valence-corrected chi connectivity index (χ2v) is 5.14. The Balaban J connectivity index is 1.65. The summed E-state index contributed by atoms with van der Waals surface area (Å²) in [5, 5.41) is 4.24. The van der Waals surface area contributed by atoms with Crippen molar-refractivity contribution < 1.29 is 0 Å². The molecule has 88 valence electrons. The molecule has 0 bridgehead atoms. The number of anilines is 1. The van der Waals surface area contributed by atoms with E-state index < -0.39 is 0 Å². The summed E-state index contributed by atoms with van der Waals surface area (Å²) in [7, 11) is 0. The molecule has 1 N–H and O–H groups in total. The van der Waals surface area contributed by atoms with Gasteiger partial charge in [-0.1, -0.05) is 0 Å². The van der Waals surface area contributed by atoms with Crippen LogP contribution < -0.4 is 5.32 Å². The van der Waals surface area contributed by atoms with E-state index in [0.29, 0.717) is 5.92 Å². The Kier molecular flexibility index (Phi) is 2.76. The fourth-order valence-electron chi connectivity index (χ4n) is 1.69.